The second-order valence-corrected chi connectivity index (χ2v) is 3.96. The smallest absolute Gasteiger partial charge is 0.288 e. The summed E-state index contributed by atoms with van der Waals surface area (Å²) in [5.41, 5.74) is 0.587. The zero-order chi connectivity index (χ0) is 13.0. The number of halogens is 1. The molecule has 17 heavy (non-hydrogen) atoms. The number of pyridine rings is 1. The lowest BCUT2D eigenvalue weighted by Gasteiger charge is -2.15. The molecule has 0 atom stereocenters. The molecule has 1 amide bonds. The molecule has 0 saturated heterocycles. The monoisotopic (exact) mass is 301 g/mol. The summed E-state index contributed by atoms with van der Waals surface area (Å²) in [5, 5.41) is 11.0. The lowest BCUT2D eigenvalue weighted by molar-refractivity contribution is -0.385. The Morgan fingerprint density at radius 2 is 2.29 bits per heavy atom. The van der Waals surface area contributed by atoms with E-state index in [-0.39, 0.29) is 17.2 Å². The van der Waals surface area contributed by atoms with Crippen LogP contribution in [0.4, 0.5) is 5.69 Å². The standard InChI is InChI=1S/C10H12BrN3O3/c1-3-13(2)10(15)8-4-7(14(16)17)6-12-9(8)5-11/h4,6H,3,5H2,1-2H3. The molecular weight excluding hydrogens is 290 g/mol. The Labute approximate surface area is 107 Å². The van der Waals surface area contributed by atoms with Crippen LogP contribution in [-0.2, 0) is 5.33 Å². The Hall–Kier alpha value is -1.50. The van der Waals surface area contributed by atoms with Crippen LogP contribution in [-0.4, -0.2) is 34.3 Å². The van der Waals surface area contributed by atoms with E-state index in [0.717, 1.165) is 6.20 Å². The topological polar surface area (TPSA) is 76.3 Å². The van der Waals surface area contributed by atoms with Crippen LogP contribution in [0, 0.1) is 10.1 Å². The zero-order valence-corrected chi connectivity index (χ0v) is 11.1. The summed E-state index contributed by atoms with van der Waals surface area (Å²) in [4.78, 5) is 27.5. The molecule has 1 rings (SSSR count). The molecular formula is C10H12BrN3O3. The van der Waals surface area contributed by atoms with Gasteiger partial charge in [0.25, 0.3) is 11.6 Å². The van der Waals surface area contributed by atoms with E-state index >= 15 is 0 Å². The van der Waals surface area contributed by atoms with Gasteiger partial charge in [-0.2, -0.15) is 0 Å². The summed E-state index contributed by atoms with van der Waals surface area (Å²) in [7, 11) is 1.64. The third-order valence-corrected chi connectivity index (χ3v) is 2.88. The van der Waals surface area contributed by atoms with E-state index in [0.29, 0.717) is 17.6 Å². The van der Waals surface area contributed by atoms with Crippen LogP contribution in [0.1, 0.15) is 23.0 Å². The second kappa shape index (κ2) is 5.72. The molecule has 0 spiro atoms. The van der Waals surface area contributed by atoms with Gasteiger partial charge in [0.15, 0.2) is 0 Å². The Kier molecular flexibility index (Phi) is 4.56. The number of alkyl halides is 1. The highest BCUT2D eigenvalue weighted by Gasteiger charge is 2.19. The van der Waals surface area contributed by atoms with Gasteiger partial charge < -0.3 is 4.90 Å². The molecule has 1 aromatic heterocycles. The molecule has 0 radical (unpaired) electrons. The van der Waals surface area contributed by atoms with Gasteiger partial charge in [-0.3, -0.25) is 19.9 Å². The summed E-state index contributed by atoms with van der Waals surface area (Å²) < 4.78 is 0. The molecule has 0 unspecified atom stereocenters. The Morgan fingerprint density at radius 1 is 1.65 bits per heavy atom. The SMILES string of the molecule is CCN(C)C(=O)c1cc([N+](=O)[O-])cnc1CBr. The molecule has 92 valence electrons. The number of aromatic nitrogens is 1. The highest BCUT2D eigenvalue weighted by Crippen LogP contribution is 2.18. The third-order valence-electron chi connectivity index (χ3n) is 2.34. The summed E-state index contributed by atoms with van der Waals surface area (Å²) in [6, 6.07) is 1.26. The number of rotatable bonds is 4. The van der Waals surface area contributed by atoms with Gasteiger partial charge >= 0.3 is 0 Å². The number of carbonyl (C=O) groups excluding carboxylic acids is 1. The van der Waals surface area contributed by atoms with Crippen LogP contribution >= 0.6 is 15.9 Å². The fourth-order valence-corrected chi connectivity index (χ4v) is 1.67. The molecule has 0 aliphatic rings. The first-order valence-electron chi connectivity index (χ1n) is 4.96. The van der Waals surface area contributed by atoms with Gasteiger partial charge in [0.2, 0.25) is 0 Å². The van der Waals surface area contributed by atoms with Crippen LogP contribution in [0.15, 0.2) is 12.3 Å². The number of hydrogen-bond donors (Lipinski definition) is 0. The van der Waals surface area contributed by atoms with Gasteiger partial charge in [-0.15, -0.1) is 0 Å². The average molecular weight is 302 g/mol. The van der Waals surface area contributed by atoms with Crippen LogP contribution in [0.25, 0.3) is 0 Å². The van der Waals surface area contributed by atoms with E-state index in [1.807, 2.05) is 6.92 Å². The van der Waals surface area contributed by atoms with E-state index < -0.39 is 4.92 Å². The van der Waals surface area contributed by atoms with Crippen molar-refractivity contribution >= 4 is 27.5 Å². The van der Waals surface area contributed by atoms with Gasteiger partial charge in [-0.1, -0.05) is 15.9 Å². The second-order valence-electron chi connectivity index (χ2n) is 3.40. The molecule has 0 bridgehead atoms. The van der Waals surface area contributed by atoms with Crippen LogP contribution in [0.2, 0.25) is 0 Å². The van der Waals surface area contributed by atoms with Crippen molar-refractivity contribution in [2.45, 2.75) is 12.3 Å². The van der Waals surface area contributed by atoms with Crippen LogP contribution < -0.4 is 0 Å². The Morgan fingerprint density at radius 3 is 2.76 bits per heavy atom. The van der Waals surface area contributed by atoms with Crippen molar-refractivity contribution in [3.63, 3.8) is 0 Å². The molecule has 0 aliphatic carbocycles. The summed E-state index contributed by atoms with van der Waals surface area (Å²) in [5.74, 6) is -0.266. The van der Waals surface area contributed by atoms with Gasteiger partial charge in [0, 0.05) is 25.0 Å². The molecule has 0 aliphatic heterocycles. The Bertz CT molecular complexity index is 450. The normalized spacial score (nSPS) is 10.1. The molecule has 0 N–H and O–H groups in total. The number of nitro groups is 1. The predicted octanol–water partition coefficient (Wildman–Crippen LogP) is 1.98. The van der Waals surface area contributed by atoms with Crippen LogP contribution in [0.3, 0.4) is 0 Å². The summed E-state index contributed by atoms with van der Waals surface area (Å²) >= 11 is 3.21. The van der Waals surface area contributed by atoms with Crippen molar-refractivity contribution in [3.8, 4) is 0 Å². The first-order chi connectivity index (χ1) is 8.01. The minimum Gasteiger partial charge on any atom is -0.342 e. The molecule has 1 heterocycles. The molecule has 0 aromatic carbocycles. The molecule has 7 heteroatoms. The predicted molar refractivity (Wildman–Crippen MR) is 66.2 cm³/mol. The first-order valence-corrected chi connectivity index (χ1v) is 6.08. The van der Waals surface area contributed by atoms with Crippen molar-refractivity contribution in [1.29, 1.82) is 0 Å². The lowest BCUT2D eigenvalue weighted by atomic mass is 10.1. The van der Waals surface area contributed by atoms with Gasteiger partial charge in [-0.25, -0.2) is 0 Å². The number of hydrogen-bond acceptors (Lipinski definition) is 4. The fourth-order valence-electron chi connectivity index (χ4n) is 1.22. The fraction of sp³-hybridized carbons (Fsp3) is 0.400. The number of amides is 1. The maximum absolute atomic E-state index is 12.0. The average Bonchev–Trinajstić information content (AvgIpc) is 2.35. The molecule has 0 saturated carbocycles. The van der Waals surface area contributed by atoms with E-state index in [1.54, 1.807) is 7.05 Å². The molecule has 1 aromatic rings. The molecule has 6 nitrogen and oxygen atoms in total. The van der Waals surface area contributed by atoms with Gasteiger partial charge in [0.1, 0.15) is 6.20 Å². The largest absolute Gasteiger partial charge is 0.342 e. The first kappa shape index (κ1) is 13.6. The lowest BCUT2D eigenvalue weighted by Crippen LogP contribution is -2.27. The van der Waals surface area contributed by atoms with Crippen LogP contribution in [0.5, 0.6) is 0 Å². The van der Waals surface area contributed by atoms with Crippen molar-refractivity contribution < 1.29 is 9.72 Å². The summed E-state index contributed by atoms with van der Waals surface area (Å²) in [6.07, 6.45) is 1.15. The highest BCUT2D eigenvalue weighted by atomic mass is 79.9. The van der Waals surface area contributed by atoms with E-state index in [4.69, 9.17) is 0 Å². The van der Waals surface area contributed by atoms with Crippen molar-refractivity contribution in [2.24, 2.45) is 0 Å². The Balaban J connectivity index is 3.23. The quantitative estimate of drug-likeness (QED) is 0.484. The molecule has 0 fully saturated rings. The van der Waals surface area contributed by atoms with Gasteiger partial charge in [0.05, 0.1) is 16.2 Å². The number of carbonyl (C=O) groups is 1. The zero-order valence-electron chi connectivity index (χ0n) is 9.51. The van der Waals surface area contributed by atoms with Gasteiger partial charge in [-0.05, 0) is 6.92 Å². The maximum atomic E-state index is 12.0. The number of nitrogens with zero attached hydrogens (tertiary/aromatic N) is 3. The van der Waals surface area contributed by atoms with Crippen molar-refractivity contribution in [2.75, 3.05) is 13.6 Å². The van der Waals surface area contributed by atoms with E-state index in [9.17, 15) is 14.9 Å². The van der Waals surface area contributed by atoms with Crippen molar-refractivity contribution in [3.05, 3.63) is 33.6 Å². The maximum Gasteiger partial charge on any atom is 0.288 e. The summed E-state index contributed by atoms with van der Waals surface area (Å²) in [6.45, 7) is 2.36. The minimum atomic E-state index is -0.562. The van der Waals surface area contributed by atoms with E-state index in [2.05, 4.69) is 20.9 Å². The third kappa shape index (κ3) is 3.00. The highest BCUT2D eigenvalue weighted by molar-refractivity contribution is 9.08. The minimum absolute atomic E-state index is 0.178. The van der Waals surface area contributed by atoms with E-state index in [1.165, 1.54) is 11.0 Å². The van der Waals surface area contributed by atoms with Crippen molar-refractivity contribution in [1.82, 2.24) is 9.88 Å².